The van der Waals surface area contributed by atoms with Crippen LogP contribution in [0.2, 0.25) is 0 Å². The molecule has 216 valence electrons. The van der Waals surface area contributed by atoms with Crippen LogP contribution in [0.4, 0.5) is 13.2 Å². The monoisotopic (exact) mass is 564 g/mol. The fourth-order valence-corrected chi connectivity index (χ4v) is 7.09. The molecule has 0 radical (unpaired) electrons. The van der Waals surface area contributed by atoms with Gasteiger partial charge in [0.2, 0.25) is 5.43 Å². The second-order valence-corrected chi connectivity index (χ2v) is 12.4. The Balaban J connectivity index is 1.48. The summed E-state index contributed by atoms with van der Waals surface area (Å²) < 4.78 is 50.4. The molecule has 0 amide bonds. The van der Waals surface area contributed by atoms with Gasteiger partial charge in [-0.25, -0.2) is 0 Å². The third kappa shape index (κ3) is 4.98. The maximum atomic E-state index is 14.2. The molecular formula is C32H35F3N4O2. The lowest BCUT2D eigenvalue weighted by molar-refractivity contribution is -0.137. The number of fused-ring (bicyclic) bond motifs is 1. The van der Waals surface area contributed by atoms with Crippen LogP contribution in [0.25, 0.3) is 22.1 Å². The minimum Gasteiger partial charge on any atom is -0.463 e. The van der Waals surface area contributed by atoms with Crippen LogP contribution >= 0.6 is 0 Å². The van der Waals surface area contributed by atoms with E-state index in [9.17, 15) is 18.0 Å². The summed E-state index contributed by atoms with van der Waals surface area (Å²) in [6, 6.07) is 7.85. The smallest absolute Gasteiger partial charge is 0.416 e. The lowest BCUT2D eigenvalue weighted by Crippen LogP contribution is -2.43. The van der Waals surface area contributed by atoms with Gasteiger partial charge in [0.25, 0.3) is 0 Å². The van der Waals surface area contributed by atoms with Gasteiger partial charge in [-0.3, -0.25) is 9.69 Å². The molecule has 41 heavy (non-hydrogen) atoms. The molecule has 2 fully saturated rings. The quantitative estimate of drug-likeness (QED) is 0.265. The molecule has 6 rings (SSSR count). The molecule has 3 heterocycles. The Morgan fingerprint density at radius 2 is 1.88 bits per heavy atom. The number of hydrogen-bond acceptors (Lipinski definition) is 5. The van der Waals surface area contributed by atoms with E-state index in [0.29, 0.717) is 47.0 Å². The van der Waals surface area contributed by atoms with Crippen molar-refractivity contribution in [1.29, 1.82) is 0 Å². The second-order valence-electron chi connectivity index (χ2n) is 12.4. The Bertz CT molecular complexity index is 1670. The zero-order valence-corrected chi connectivity index (χ0v) is 23.9. The topological polar surface area (TPSA) is 64.2 Å². The number of piperidine rings is 1. The highest BCUT2D eigenvalue weighted by molar-refractivity contribution is 5.84. The molecule has 6 nitrogen and oxygen atoms in total. The lowest BCUT2D eigenvalue weighted by Gasteiger charge is -2.46. The van der Waals surface area contributed by atoms with E-state index in [2.05, 4.69) is 28.9 Å². The van der Waals surface area contributed by atoms with Crippen LogP contribution in [0.15, 0.2) is 52.1 Å². The highest BCUT2D eigenvalue weighted by Crippen LogP contribution is 2.52. The number of rotatable bonds is 5. The average Bonchev–Trinajstić information content (AvgIpc) is 3.32. The molecule has 1 aliphatic carbocycles. The maximum Gasteiger partial charge on any atom is 0.416 e. The Kier molecular flexibility index (Phi) is 6.83. The average molecular weight is 565 g/mol. The predicted molar refractivity (Wildman–Crippen MR) is 152 cm³/mol. The minimum absolute atomic E-state index is 0.119. The number of aryl methyl sites for hydroxylation is 2. The Labute approximate surface area is 237 Å². The van der Waals surface area contributed by atoms with Crippen molar-refractivity contribution < 1.29 is 17.6 Å². The fraction of sp³-hybridized carbons (Fsp3) is 0.469. The van der Waals surface area contributed by atoms with Crippen LogP contribution in [0, 0.1) is 18.8 Å². The summed E-state index contributed by atoms with van der Waals surface area (Å²) in [7, 11) is 1.80. The Morgan fingerprint density at radius 3 is 2.54 bits per heavy atom. The molecule has 0 bridgehead atoms. The van der Waals surface area contributed by atoms with Gasteiger partial charge >= 0.3 is 6.18 Å². The molecule has 2 aromatic carbocycles. The van der Waals surface area contributed by atoms with Crippen molar-refractivity contribution in [2.45, 2.75) is 64.6 Å². The Hall–Kier alpha value is -3.46. The molecule has 0 N–H and O–H groups in total. The first-order valence-electron chi connectivity index (χ1n) is 14.3. The summed E-state index contributed by atoms with van der Waals surface area (Å²) in [6.45, 7) is 8.96. The van der Waals surface area contributed by atoms with E-state index in [1.54, 1.807) is 24.0 Å². The number of benzene rings is 2. The van der Waals surface area contributed by atoms with Gasteiger partial charge in [0.1, 0.15) is 24.0 Å². The van der Waals surface area contributed by atoms with Gasteiger partial charge in [-0.2, -0.15) is 13.2 Å². The zero-order valence-electron chi connectivity index (χ0n) is 23.9. The largest absolute Gasteiger partial charge is 0.463 e. The molecular weight excluding hydrogens is 529 g/mol. The zero-order chi connectivity index (χ0) is 29.1. The molecule has 2 aromatic heterocycles. The van der Waals surface area contributed by atoms with Gasteiger partial charge in [0.15, 0.2) is 0 Å². The number of nitrogens with zero attached hydrogens (tertiary/aromatic N) is 4. The minimum atomic E-state index is -4.59. The fourth-order valence-electron chi connectivity index (χ4n) is 7.09. The predicted octanol–water partition coefficient (Wildman–Crippen LogP) is 6.86. The number of halogens is 3. The van der Waals surface area contributed by atoms with E-state index < -0.39 is 17.2 Å². The van der Waals surface area contributed by atoms with E-state index in [1.165, 1.54) is 18.8 Å². The van der Waals surface area contributed by atoms with Crippen LogP contribution in [0.5, 0.6) is 0 Å². The first-order valence-corrected chi connectivity index (χ1v) is 14.3. The van der Waals surface area contributed by atoms with Crippen molar-refractivity contribution >= 4 is 11.0 Å². The van der Waals surface area contributed by atoms with Crippen LogP contribution in [-0.4, -0.2) is 32.8 Å². The van der Waals surface area contributed by atoms with E-state index in [4.69, 9.17) is 4.42 Å². The number of hydrogen-bond donors (Lipinski definition) is 0. The van der Waals surface area contributed by atoms with E-state index >= 15 is 0 Å². The van der Waals surface area contributed by atoms with Crippen molar-refractivity contribution in [2.24, 2.45) is 18.9 Å². The van der Waals surface area contributed by atoms with Gasteiger partial charge in [-0.05, 0) is 97.5 Å². The number of aromatic nitrogens is 3. The lowest BCUT2D eigenvalue weighted by atomic mass is 9.58. The normalized spacial score (nSPS) is 23.6. The van der Waals surface area contributed by atoms with Crippen LogP contribution < -0.4 is 5.43 Å². The third-order valence-electron chi connectivity index (χ3n) is 8.92. The van der Waals surface area contributed by atoms with Crippen LogP contribution in [0.1, 0.15) is 67.6 Å². The van der Waals surface area contributed by atoms with Crippen LogP contribution in [-0.2, 0) is 25.2 Å². The highest BCUT2D eigenvalue weighted by Gasteiger charge is 2.49. The van der Waals surface area contributed by atoms with Crippen molar-refractivity contribution in [2.75, 3.05) is 13.1 Å². The van der Waals surface area contributed by atoms with E-state index in [0.717, 1.165) is 43.2 Å². The van der Waals surface area contributed by atoms with E-state index in [-0.39, 0.29) is 16.6 Å². The first-order chi connectivity index (χ1) is 19.4. The van der Waals surface area contributed by atoms with Crippen molar-refractivity contribution in [3.8, 4) is 11.1 Å². The van der Waals surface area contributed by atoms with Gasteiger partial charge in [-0.15, -0.1) is 10.2 Å². The van der Waals surface area contributed by atoms with Gasteiger partial charge in [0, 0.05) is 20.1 Å². The standard InChI is InChI=1S/C32H35F3N4O2/c1-19-6-5-7-39(15-19)16-22-8-21(3)29-26(9-22)28(40)27(17-41-29)23-10-24(12-25(11-23)32(33,34)35)31(13-20(2)14-31)30-37-36-18-38(30)4/h8-12,17-20H,5-7,13-16H2,1-4H3/t19-,20?,31?/m0/s1. The maximum absolute atomic E-state index is 14.2. The summed E-state index contributed by atoms with van der Waals surface area (Å²) >= 11 is 0. The summed E-state index contributed by atoms with van der Waals surface area (Å²) in [4.78, 5) is 16.3. The molecule has 1 saturated heterocycles. The molecule has 0 unspecified atom stereocenters. The number of alkyl halides is 3. The third-order valence-corrected chi connectivity index (χ3v) is 8.92. The summed E-state index contributed by atoms with van der Waals surface area (Å²) in [5.74, 6) is 1.57. The summed E-state index contributed by atoms with van der Waals surface area (Å²) in [6.07, 6.45) is 1.93. The summed E-state index contributed by atoms with van der Waals surface area (Å²) in [5, 5.41) is 8.69. The van der Waals surface area contributed by atoms with Crippen molar-refractivity contribution in [3.05, 3.63) is 81.2 Å². The SMILES string of the molecule is Cc1cc(CN2CCC[C@H](C)C2)cc2c(=O)c(-c3cc(C(F)(F)F)cc(C4(c5nncn5C)CC(C)C4)c3)coc12. The molecule has 1 saturated carbocycles. The molecule has 9 heteroatoms. The highest BCUT2D eigenvalue weighted by atomic mass is 19.4. The first kappa shape index (κ1) is 27.7. The van der Waals surface area contributed by atoms with Crippen molar-refractivity contribution in [1.82, 2.24) is 19.7 Å². The van der Waals surface area contributed by atoms with E-state index in [1.807, 2.05) is 19.1 Å². The van der Waals surface area contributed by atoms with Crippen LogP contribution in [0.3, 0.4) is 0 Å². The Morgan fingerprint density at radius 1 is 1.10 bits per heavy atom. The molecule has 2 aliphatic rings. The summed E-state index contributed by atoms with van der Waals surface area (Å²) in [5.41, 5.74) is 1.26. The molecule has 1 atom stereocenters. The number of likely N-dealkylation sites (tertiary alicyclic amines) is 1. The van der Waals surface area contributed by atoms with Gasteiger partial charge in [-0.1, -0.05) is 19.9 Å². The molecule has 1 aliphatic heterocycles. The molecule has 0 spiro atoms. The van der Waals surface area contributed by atoms with Gasteiger partial charge in [0.05, 0.1) is 21.9 Å². The second kappa shape index (κ2) is 10.1. The van der Waals surface area contributed by atoms with Crippen molar-refractivity contribution in [3.63, 3.8) is 0 Å². The molecule has 4 aromatic rings. The van der Waals surface area contributed by atoms with Gasteiger partial charge < -0.3 is 8.98 Å².